The molecule has 2 amide bonds. The lowest BCUT2D eigenvalue weighted by molar-refractivity contribution is -0.142. The van der Waals surface area contributed by atoms with Gasteiger partial charge in [0.15, 0.2) is 5.69 Å². The highest BCUT2D eigenvalue weighted by Crippen LogP contribution is 2.43. The van der Waals surface area contributed by atoms with Crippen LogP contribution in [0.3, 0.4) is 0 Å². The maximum Gasteiger partial charge on any atom is 0.435 e. The summed E-state index contributed by atoms with van der Waals surface area (Å²) in [6, 6.07) is 9.35. The Labute approximate surface area is 223 Å². The van der Waals surface area contributed by atoms with E-state index in [1.807, 2.05) is 6.07 Å². The van der Waals surface area contributed by atoms with Crippen LogP contribution in [0.25, 0.3) is 0 Å². The van der Waals surface area contributed by atoms with Crippen LogP contribution in [0, 0.1) is 6.92 Å². The fourth-order valence-corrected chi connectivity index (χ4v) is 6.87. The number of likely N-dealkylation sites (tertiary alicyclic amines) is 1. The van der Waals surface area contributed by atoms with Gasteiger partial charge in [-0.15, -0.1) is 11.3 Å². The summed E-state index contributed by atoms with van der Waals surface area (Å²) in [6.07, 6.45) is -0.119. The molecule has 3 heterocycles. The predicted octanol–water partition coefficient (Wildman–Crippen LogP) is 4.90. The van der Waals surface area contributed by atoms with Crippen LogP contribution in [-0.4, -0.2) is 51.6 Å². The molecule has 1 aliphatic heterocycles. The van der Waals surface area contributed by atoms with E-state index in [1.54, 1.807) is 23.3 Å². The Balaban J connectivity index is 1.30. The Bertz CT molecular complexity index is 1340. The molecule has 0 spiro atoms. The first-order valence-corrected chi connectivity index (χ1v) is 13.7. The third-order valence-corrected chi connectivity index (χ3v) is 8.88. The zero-order chi connectivity index (χ0) is 27.0. The van der Waals surface area contributed by atoms with Crippen molar-refractivity contribution in [2.24, 2.45) is 0 Å². The van der Waals surface area contributed by atoms with Crippen molar-refractivity contribution in [3.05, 3.63) is 68.4 Å². The minimum absolute atomic E-state index is 0.114. The van der Waals surface area contributed by atoms with Crippen LogP contribution in [-0.2, 0) is 23.9 Å². The largest absolute Gasteiger partial charge is 0.435 e. The first-order valence-electron chi connectivity index (χ1n) is 12.9. The van der Waals surface area contributed by atoms with Gasteiger partial charge in [0.05, 0.1) is 5.01 Å². The maximum absolute atomic E-state index is 13.0. The van der Waals surface area contributed by atoms with Crippen LogP contribution in [0.15, 0.2) is 30.3 Å². The number of hydrogen-bond donors (Lipinski definition) is 1. The second-order valence-electron chi connectivity index (χ2n) is 9.97. The van der Waals surface area contributed by atoms with E-state index in [0.717, 1.165) is 39.9 Å². The lowest BCUT2D eigenvalue weighted by atomic mass is 9.81. The number of carbonyl (C=O) groups is 2. The van der Waals surface area contributed by atoms with Crippen LogP contribution < -0.4 is 5.32 Å². The van der Waals surface area contributed by atoms with Crippen molar-refractivity contribution in [1.82, 2.24) is 25.0 Å². The highest BCUT2D eigenvalue weighted by molar-refractivity contribution is 7.12. The molecule has 1 saturated heterocycles. The number of thiazole rings is 1. The lowest BCUT2D eigenvalue weighted by Gasteiger charge is -2.31. The number of hydrogen-bond acceptors (Lipinski definition) is 5. The average Bonchev–Trinajstić information content (AvgIpc) is 3.52. The number of amides is 2. The number of carbonyl (C=O) groups excluding carboxylic acids is 2. The van der Waals surface area contributed by atoms with Gasteiger partial charge >= 0.3 is 6.18 Å². The van der Waals surface area contributed by atoms with Gasteiger partial charge in [-0.3, -0.25) is 14.3 Å². The molecular weight excluding hydrogens is 515 g/mol. The average molecular weight is 546 g/mol. The Hall–Kier alpha value is -3.21. The van der Waals surface area contributed by atoms with Gasteiger partial charge in [0.25, 0.3) is 5.91 Å². The molecule has 1 aromatic carbocycles. The van der Waals surface area contributed by atoms with Crippen LogP contribution in [0.5, 0.6) is 0 Å². The summed E-state index contributed by atoms with van der Waals surface area (Å²) >= 11 is 1.60. The SMILES string of the molecule is CNC(=O)c1nc(C2CCN(C(=O)Cn3nc(C(F)(F)F)cc3C)CC2)sc1[C@@H]1CCCc2ccccc21. The topological polar surface area (TPSA) is 80.1 Å². The minimum atomic E-state index is -4.54. The van der Waals surface area contributed by atoms with Crippen LogP contribution in [0.2, 0.25) is 0 Å². The van der Waals surface area contributed by atoms with Crippen molar-refractivity contribution in [2.45, 2.75) is 63.6 Å². The van der Waals surface area contributed by atoms with Gasteiger partial charge < -0.3 is 10.2 Å². The normalized spacial score (nSPS) is 18.3. The lowest BCUT2D eigenvalue weighted by Crippen LogP contribution is -2.40. The van der Waals surface area contributed by atoms with Crippen molar-refractivity contribution >= 4 is 23.2 Å². The van der Waals surface area contributed by atoms with E-state index in [0.29, 0.717) is 37.3 Å². The van der Waals surface area contributed by atoms with Gasteiger partial charge in [0.2, 0.25) is 5.91 Å². The quantitative estimate of drug-likeness (QED) is 0.495. The Morgan fingerprint density at radius 3 is 2.58 bits per heavy atom. The van der Waals surface area contributed by atoms with Gasteiger partial charge in [-0.2, -0.15) is 18.3 Å². The molecule has 11 heteroatoms. The molecule has 3 aromatic rings. The Morgan fingerprint density at radius 2 is 1.89 bits per heavy atom. The second-order valence-corrected chi connectivity index (χ2v) is 11.0. The molecule has 1 atom stereocenters. The molecule has 0 bridgehead atoms. The molecule has 0 radical (unpaired) electrons. The van der Waals surface area contributed by atoms with Gasteiger partial charge in [0, 0.05) is 42.5 Å². The highest BCUT2D eigenvalue weighted by atomic mass is 32.1. The summed E-state index contributed by atoms with van der Waals surface area (Å²) in [7, 11) is 1.61. The molecule has 5 rings (SSSR count). The third-order valence-electron chi connectivity index (χ3n) is 7.55. The molecular formula is C27H30F3N5O2S. The molecule has 202 valence electrons. The molecule has 2 aromatic heterocycles. The third kappa shape index (κ3) is 5.21. The number of rotatable bonds is 5. The van der Waals surface area contributed by atoms with Crippen LogP contribution in [0.4, 0.5) is 13.2 Å². The standard InChI is InChI=1S/C27H30F3N5O2S/c1-16-14-21(27(28,29)30)33-35(16)15-22(36)34-12-10-18(11-13-34)26-32-23(25(37)31-2)24(38-26)20-9-5-7-17-6-3-4-8-19(17)20/h3-4,6,8,14,18,20H,5,7,9-13,15H2,1-2H3,(H,31,37)/t20-/m1/s1. The van der Waals surface area contributed by atoms with Crippen molar-refractivity contribution in [3.8, 4) is 0 Å². The molecule has 0 unspecified atom stereocenters. The molecule has 0 saturated carbocycles. The van der Waals surface area contributed by atoms with E-state index in [9.17, 15) is 22.8 Å². The first kappa shape index (κ1) is 26.4. The van der Waals surface area contributed by atoms with E-state index >= 15 is 0 Å². The number of aromatic nitrogens is 3. The number of aryl methyl sites for hydroxylation is 2. The zero-order valence-corrected chi connectivity index (χ0v) is 22.2. The minimum Gasteiger partial charge on any atom is -0.354 e. The van der Waals surface area contributed by atoms with E-state index < -0.39 is 11.9 Å². The molecule has 2 aliphatic rings. The van der Waals surface area contributed by atoms with Crippen LogP contribution in [0.1, 0.15) is 80.4 Å². The van der Waals surface area contributed by atoms with Gasteiger partial charge in [-0.05, 0) is 56.2 Å². The summed E-state index contributed by atoms with van der Waals surface area (Å²) < 4.78 is 40.0. The van der Waals surface area contributed by atoms with Crippen molar-refractivity contribution in [2.75, 3.05) is 20.1 Å². The summed E-state index contributed by atoms with van der Waals surface area (Å²) in [4.78, 5) is 33.1. The number of halogens is 3. The van der Waals surface area contributed by atoms with E-state index in [2.05, 4.69) is 28.6 Å². The Morgan fingerprint density at radius 1 is 1.16 bits per heavy atom. The molecule has 1 fully saturated rings. The monoisotopic (exact) mass is 545 g/mol. The number of fused-ring (bicyclic) bond motifs is 1. The summed E-state index contributed by atoms with van der Waals surface area (Å²) in [5.41, 5.74) is 2.38. The van der Waals surface area contributed by atoms with Gasteiger partial charge in [0.1, 0.15) is 12.2 Å². The second kappa shape index (κ2) is 10.5. The molecule has 38 heavy (non-hydrogen) atoms. The molecule has 1 N–H and O–H groups in total. The number of alkyl halides is 3. The maximum atomic E-state index is 13.0. The highest BCUT2D eigenvalue weighted by Gasteiger charge is 2.35. The zero-order valence-electron chi connectivity index (χ0n) is 21.3. The Kier molecular flexibility index (Phi) is 7.30. The van der Waals surface area contributed by atoms with Crippen LogP contribution >= 0.6 is 11.3 Å². The van der Waals surface area contributed by atoms with Crippen molar-refractivity contribution < 1.29 is 22.8 Å². The molecule has 7 nitrogen and oxygen atoms in total. The number of nitrogens with zero attached hydrogens (tertiary/aromatic N) is 4. The smallest absolute Gasteiger partial charge is 0.354 e. The van der Waals surface area contributed by atoms with E-state index in [1.165, 1.54) is 18.1 Å². The van der Waals surface area contributed by atoms with E-state index in [-0.39, 0.29) is 30.2 Å². The fourth-order valence-electron chi connectivity index (χ4n) is 5.48. The number of benzene rings is 1. The summed E-state index contributed by atoms with van der Waals surface area (Å²) in [5, 5.41) is 7.22. The van der Waals surface area contributed by atoms with Crippen molar-refractivity contribution in [1.29, 1.82) is 0 Å². The summed E-state index contributed by atoms with van der Waals surface area (Å²) in [6.45, 7) is 2.24. The number of nitrogens with one attached hydrogen (secondary N) is 1. The fraction of sp³-hybridized carbons (Fsp3) is 0.481. The number of piperidine rings is 1. The van der Waals surface area contributed by atoms with E-state index in [4.69, 9.17) is 4.98 Å². The summed E-state index contributed by atoms with van der Waals surface area (Å²) in [5.74, 6) is -0.193. The molecule has 1 aliphatic carbocycles. The van der Waals surface area contributed by atoms with Gasteiger partial charge in [-0.25, -0.2) is 4.98 Å². The van der Waals surface area contributed by atoms with Gasteiger partial charge in [-0.1, -0.05) is 24.3 Å². The first-order chi connectivity index (χ1) is 18.2. The predicted molar refractivity (Wildman–Crippen MR) is 137 cm³/mol. The van der Waals surface area contributed by atoms with Crippen molar-refractivity contribution in [3.63, 3.8) is 0 Å².